The lowest BCUT2D eigenvalue weighted by Gasteiger charge is -2.22. The van der Waals surface area contributed by atoms with Crippen LogP contribution in [0, 0.1) is 0 Å². The van der Waals surface area contributed by atoms with Crippen molar-refractivity contribution in [3.05, 3.63) is 22.7 Å². The Bertz CT molecular complexity index is 812. The predicted octanol–water partition coefficient (Wildman–Crippen LogP) is 2.52. The minimum atomic E-state index is -4.05. The SMILES string of the molecule is CC(C)(C)OC(=O)Nc1ccc(N(S(C)(=O)=O)S(C)(=O)=O)c(Br)c1. The third-order valence-electron chi connectivity index (χ3n) is 2.39. The number of ether oxygens (including phenoxy) is 1. The number of anilines is 2. The monoisotopic (exact) mass is 442 g/mol. The lowest BCUT2D eigenvalue weighted by atomic mass is 10.2. The molecule has 1 rings (SSSR count). The van der Waals surface area contributed by atoms with E-state index in [1.165, 1.54) is 18.2 Å². The minimum absolute atomic E-state index is 0.0882. The molecule has 0 saturated heterocycles. The summed E-state index contributed by atoms with van der Waals surface area (Å²) in [7, 11) is -8.11. The molecule has 0 spiro atoms. The normalized spacial score (nSPS) is 12.6. The summed E-state index contributed by atoms with van der Waals surface area (Å²) in [5.41, 5.74) is -0.457. The van der Waals surface area contributed by atoms with Crippen molar-refractivity contribution in [2.24, 2.45) is 0 Å². The molecule has 0 bridgehead atoms. The molecule has 1 aromatic carbocycles. The first-order valence-corrected chi connectivity index (χ1v) is 11.1. The summed E-state index contributed by atoms with van der Waals surface area (Å²) >= 11 is 3.12. The van der Waals surface area contributed by atoms with Gasteiger partial charge in [-0.15, -0.1) is 0 Å². The quantitative estimate of drug-likeness (QED) is 0.766. The molecule has 1 N–H and O–H groups in total. The van der Waals surface area contributed by atoms with E-state index in [-0.39, 0.29) is 10.2 Å². The van der Waals surface area contributed by atoms with E-state index in [0.29, 0.717) is 9.40 Å². The number of nitrogens with zero attached hydrogens (tertiary/aromatic N) is 1. The molecule has 0 aliphatic heterocycles. The van der Waals surface area contributed by atoms with Crippen molar-refractivity contribution >= 4 is 53.4 Å². The molecule has 0 unspecified atom stereocenters. The molecule has 24 heavy (non-hydrogen) atoms. The number of halogens is 1. The lowest BCUT2D eigenvalue weighted by molar-refractivity contribution is 0.0636. The van der Waals surface area contributed by atoms with Crippen LogP contribution in [0.4, 0.5) is 16.2 Å². The summed E-state index contributed by atoms with van der Waals surface area (Å²) in [6.45, 7) is 5.13. The van der Waals surface area contributed by atoms with Crippen LogP contribution in [0.3, 0.4) is 0 Å². The van der Waals surface area contributed by atoms with Gasteiger partial charge in [0.2, 0.25) is 20.0 Å². The lowest BCUT2D eigenvalue weighted by Crippen LogP contribution is -2.35. The number of amides is 1. The zero-order chi connectivity index (χ0) is 18.9. The van der Waals surface area contributed by atoms with Crippen LogP contribution in [0.2, 0.25) is 0 Å². The van der Waals surface area contributed by atoms with E-state index in [9.17, 15) is 21.6 Å². The minimum Gasteiger partial charge on any atom is -0.444 e. The fourth-order valence-electron chi connectivity index (χ4n) is 1.76. The molecular formula is C13H19BrN2O6S2. The van der Waals surface area contributed by atoms with Crippen LogP contribution in [0.1, 0.15) is 20.8 Å². The van der Waals surface area contributed by atoms with Crippen molar-refractivity contribution in [1.82, 2.24) is 0 Å². The molecule has 0 heterocycles. The van der Waals surface area contributed by atoms with Gasteiger partial charge in [0.1, 0.15) is 5.60 Å². The highest BCUT2D eigenvalue weighted by Gasteiger charge is 2.29. The molecule has 0 fully saturated rings. The van der Waals surface area contributed by atoms with Gasteiger partial charge in [-0.3, -0.25) is 5.32 Å². The molecular weight excluding hydrogens is 424 g/mol. The summed E-state index contributed by atoms with van der Waals surface area (Å²) in [6.07, 6.45) is 0.881. The predicted molar refractivity (Wildman–Crippen MR) is 96.2 cm³/mol. The zero-order valence-electron chi connectivity index (χ0n) is 13.8. The number of carbonyl (C=O) groups excluding carboxylic acids is 1. The number of benzene rings is 1. The molecule has 11 heteroatoms. The van der Waals surface area contributed by atoms with Crippen LogP contribution < -0.4 is 9.03 Å². The van der Waals surface area contributed by atoms with Crippen LogP contribution in [0.5, 0.6) is 0 Å². The molecule has 8 nitrogen and oxygen atoms in total. The van der Waals surface area contributed by atoms with Crippen molar-refractivity contribution in [2.45, 2.75) is 26.4 Å². The molecule has 0 atom stereocenters. The van der Waals surface area contributed by atoms with Gasteiger partial charge in [0.05, 0.1) is 18.2 Å². The summed E-state index contributed by atoms with van der Waals surface area (Å²) in [5.74, 6) is 0. The molecule has 1 amide bonds. The van der Waals surface area contributed by atoms with Gasteiger partial charge in [-0.1, -0.05) is 0 Å². The maximum atomic E-state index is 11.8. The smallest absolute Gasteiger partial charge is 0.412 e. The van der Waals surface area contributed by atoms with Gasteiger partial charge in [-0.05, 0) is 54.9 Å². The van der Waals surface area contributed by atoms with Gasteiger partial charge < -0.3 is 4.74 Å². The van der Waals surface area contributed by atoms with Crippen molar-refractivity contribution in [2.75, 3.05) is 21.5 Å². The third-order valence-corrected chi connectivity index (χ3v) is 6.25. The highest BCUT2D eigenvalue weighted by molar-refractivity contribution is 9.10. The Kier molecular flexibility index (Phi) is 5.94. The van der Waals surface area contributed by atoms with Gasteiger partial charge in [-0.25, -0.2) is 21.6 Å². The topological polar surface area (TPSA) is 110 Å². The Hall–Kier alpha value is -1.33. The van der Waals surface area contributed by atoms with Crippen LogP contribution in [-0.4, -0.2) is 41.0 Å². The first-order chi connectivity index (χ1) is 10.6. The van der Waals surface area contributed by atoms with Gasteiger partial charge in [0, 0.05) is 10.2 Å². The van der Waals surface area contributed by atoms with E-state index in [2.05, 4.69) is 21.2 Å². The molecule has 1 aromatic rings. The molecule has 0 saturated carbocycles. The number of hydrogen-bond acceptors (Lipinski definition) is 6. The van der Waals surface area contributed by atoms with Crippen molar-refractivity contribution in [1.29, 1.82) is 0 Å². The highest BCUT2D eigenvalue weighted by Crippen LogP contribution is 2.32. The average Bonchev–Trinajstić information content (AvgIpc) is 2.26. The number of sulfonamides is 2. The number of nitrogens with one attached hydrogen (secondary N) is 1. The van der Waals surface area contributed by atoms with Crippen LogP contribution in [-0.2, 0) is 24.8 Å². The summed E-state index contributed by atoms with van der Waals surface area (Å²) in [6, 6.07) is 4.01. The van der Waals surface area contributed by atoms with E-state index in [1.807, 2.05) is 0 Å². The third kappa shape index (κ3) is 5.95. The van der Waals surface area contributed by atoms with Crippen molar-refractivity contribution < 1.29 is 26.4 Å². The van der Waals surface area contributed by atoms with Crippen LogP contribution >= 0.6 is 15.9 Å². The fraction of sp³-hybridized carbons (Fsp3) is 0.462. The van der Waals surface area contributed by atoms with E-state index >= 15 is 0 Å². The Labute approximate surface area is 150 Å². The second-order valence-electron chi connectivity index (χ2n) is 6.02. The van der Waals surface area contributed by atoms with Crippen molar-refractivity contribution in [3.63, 3.8) is 0 Å². The Morgan fingerprint density at radius 2 is 1.62 bits per heavy atom. The summed E-state index contributed by atoms with van der Waals surface area (Å²) in [4.78, 5) is 11.7. The largest absolute Gasteiger partial charge is 0.444 e. The maximum absolute atomic E-state index is 11.8. The first-order valence-electron chi connectivity index (χ1n) is 6.61. The van der Waals surface area contributed by atoms with E-state index in [4.69, 9.17) is 4.74 Å². The number of hydrogen-bond donors (Lipinski definition) is 1. The number of carbonyl (C=O) groups is 1. The van der Waals surface area contributed by atoms with Gasteiger partial charge in [0.25, 0.3) is 0 Å². The van der Waals surface area contributed by atoms with Crippen LogP contribution in [0.15, 0.2) is 22.7 Å². The van der Waals surface area contributed by atoms with E-state index < -0.39 is 31.7 Å². The van der Waals surface area contributed by atoms with Gasteiger partial charge >= 0.3 is 6.09 Å². The van der Waals surface area contributed by atoms with E-state index in [0.717, 1.165) is 12.5 Å². The number of rotatable bonds is 4. The Balaban J connectivity index is 3.18. The molecule has 0 aliphatic carbocycles. The standard InChI is InChI=1S/C13H19BrN2O6S2/c1-13(2,3)22-12(17)15-9-6-7-11(10(14)8-9)16(23(4,18)19)24(5,20)21/h6-8H,1-5H3,(H,15,17). The van der Waals surface area contributed by atoms with E-state index in [1.54, 1.807) is 20.8 Å². The summed E-state index contributed by atoms with van der Waals surface area (Å²) < 4.78 is 52.7. The summed E-state index contributed by atoms with van der Waals surface area (Å²) in [5, 5.41) is 2.47. The molecule has 136 valence electrons. The maximum Gasteiger partial charge on any atom is 0.412 e. The first kappa shape index (κ1) is 20.7. The average molecular weight is 443 g/mol. The van der Waals surface area contributed by atoms with Crippen LogP contribution in [0.25, 0.3) is 0 Å². The second kappa shape index (κ2) is 6.89. The Morgan fingerprint density at radius 1 is 1.12 bits per heavy atom. The highest BCUT2D eigenvalue weighted by atomic mass is 79.9. The Morgan fingerprint density at radius 3 is 2.00 bits per heavy atom. The molecule has 0 radical (unpaired) electrons. The molecule has 0 aliphatic rings. The molecule has 0 aromatic heterocycles. The van der Waals surface area contributed by atoms with Gasteiger partial charge in [-0.2, -0.15) is 3.71 Å². The second-order valence-corrected chi connectivity index (χ2v) is 10.8. The van der Waals surface area contributed by atoms with Crippen molar-refractivity contribution in [3.8, 4) is 0 Å². The zero-order valence-corrected chi connectivity index (χ0v) is 17.0. The fourth-order valence-corrected chi connectivity index (χ4v) is 5.55. The van der Waals surface area contributed by atoms with Gasteiger partial charge in [0.15, 0.2) is 0 Å².